The van der Waals surface area contributed by atoms with Gasteiger partial charge in [-0.2, -0.15) is 5.26 Å². The minimum atomic E-state index is 0.00102. The number of ether oxygens (including phenoxy) is 2. The number of benzene rings is 1. The van der Waals surface area contributed by atoms with Gasteiger partial charge < -0.3 is 14.8 Å². The molecule has 0 aliphatic heterocycles. The van der Waals surface area contributed by atoms with Crippen LogP contribution in [0.1, 0.15) is 24.1 Å². The fraction of sp³-hybridized carbons (Fsp3) is 0.250. The molecule has 0 saturated heterocycles. The number of nitrogens with zero attached hydrogens (tertiary/aromatic N) is 2. The molecule has 1 atom stereocenters. The second-order valence-corrected chi connectivity index (χ2v) is 4.51. The summed E-state index contributed by atoms with van der Waals surface area (Å²) in [6.07, 6.45) is 3.25. The summed E-state index contributed by atoms with van der Waals surface area (Å²) >= 11 is 0. The largest absolute Gasteiger partial charge is 0.493 e. The predicted octanol–water partition coefficient (Wildman–Crippen LogP) is 3.14. The third kappa shape index (κ3) is 3.23. The number of rotatable bonds is 5. The molecule has 0 fully saturated rings. The second-order valence-electron chi connectivity index (χ2n) is 4.51. The zero-order valence-corrected chi connectivity index (χ0v) is 12.3. The summed E-state index contributed by atoms with van der Waals surface area (Å²) in [5.41, 5.74) is 2.31. The summed E-state index contributed by atoms with van der Waals surface area (Å²) in [7, 11) is 3.21. The number of nitrogens with one attached hydrogen (secondary N) is 1. The molecule has 0 bridgehead atoms. The molecule has 2 aromatic rings. The van der Waals surface area contributed by atoms with Crippen LogP contribution >= 0.6 is 0 Å². The average molecular weight is 283 g/mol. The quantitative estimate of drug-likeness (QED) is 0.913. The van der Waals surface area contributed by atoms with Crippen molar-refractivity contribution in [3.63, 3.8) is 0 Å². The fourth-order valence-electron chi connectivity index (χ4n) is 2.05. The Hall–Kier alpha value is -2.74. The molecule has 1 unspecified atom stereocenters. The Kier molecular flexibility index (Phi) is 4.62. The van der Waals surface area contributed by atoms with Gasteiger partial charge in [0.15, 0.2) is 11.5 Å². The summed E-state index contributed by atoms with van der Waals surface area (Å²) in [5.74, 6) is 1.36. The van der Waals surface area contributed by atoms with E-state index in [1.165, 1.54) is 0 Å². The molecule has 2 rings (SSSR count). The van der Waals surface area contributed by atoms with E-state index >= 15 is 0 Å². The second kappa shape index (κ2) is 6.62. The van der Waals surface area contributed by atoms with Crippen LogP contribution in [0.2, 0.25) is 0 Å². The molecule has 1 heterocycles. The van der Waals surface area contributed by atoms with E-state index in [1.54, 1.807) is 32.7 Å². The van der Waals surface area contributed by atoms with Crippen LogP contribution in [-0.4, -0.2) is 19.2 Å². The first-order valence-corrected chi connectivity index (χ1v) is 6.52. The lowest BCUT2D eigenvalue weighted by atomic mass is 10.1. The third-order valence-electron chi connectivity index (χ3n) is 3.22. The lowest BCUT2D eigenvalue weighted by Gasteiger charge is -2.18. The molecule has 1 aromatic carbocycles. The molecular formula is C16H17N3O2. The number of aromatic nitrogens is 1. The predicted molar refractivity (Wildman–Crippen MR) is 80.5 cm³/mol. The summed E-state index contributed by atoms with van der Waals surface area (Å²) < 4.78 is 10.5. The van der Waals surface area contributed by atoms with Crippen LogP contribution in [-0.2, 0) is 0 Å². The van der Waals surface area contributed by atoms with E-state index < -0.39 is 0 Å². The number of pyridine rings is 1. The molecule has 0 amide bonds. The normalized spacial score (nSPS) is 11.3. The average Bonchev–Trinajstić information content (AvgIpc) is 2.54. The molecule has 1 N–H and O–H groups in total. The van der Waals surface area contributed by atoms with E-state index in [1.807, 2.05) is 25.1 Å². The van der Waals surface area contributed by atoms with E-state index in [9.17, 15) is 0 Å². The topological polar surface area (TPSA) is 67.2 Å². The third-order valence-corrected chi connectivity index (χ3v) is 3.22. The van der Waals surface area contributed by atoms with Gasteiger partial charge in [0.1, 0.15) is 6.07 Å². The van der Waals surface area contributed by atoms with Gasteiger partial charge in [-0.25, -0.2) is 0 Å². The number of methoxy groups -OCH3 is 2. The number of hydrogen-bond donors (Lipinski definition) is 1. The van der Waals surface area contributed by atoms with Gasteiger partial charge >= 0.3 is 0 Å². The first kappa shape index (κ1) is 14.7. The van der Waals surface area contributed by atoms with Crippen LogP contribution in [0.3, 0.4) is 0 Å². The van der Waals surface area contributed by atoms with Gasteiger partial charge in [-0.15, -0.1) is 0 Å². The molecule has 0 aliphatic carbocycles. The van der Waals surface area contributed by atoms with Crippen molar-refractivity contribution in [2.45, 2.75) is 13.0 Å². The van der Waals surface area contributed by atoms with E-state index in [0.29, 0.717) is 22.7 Å². The van der Waals surface area contributed by atoms with Crippen molar-refractivity contribution in [2.24, 2.45) is 0 Å². The monoisotopic (exact) mass is 283 g/mol. The minimum Gasteiger partial charge on any atom is -0.493 e. The van der Waals surface area contributed by atoms with Gasteiger partial charge in [0.05, 0.1) is 31.7 Å². The highest BCUT2D eigenvalue weighted by molar-refractivity contribution is 5.57. The van der Waals surface area contributed by atoms with Crippen molar-refractivity contribution in [2.75, 3.05) is 19.5 Å². The lowest BCUT2D eigenvalue weighted by molar-refractivity contribution is 0.354. The minimum absolute atomic E-state index is 0.00102. The van der Waals surface area contributed by atoms with E-state index in [4.69, 9.17) is 14.7 Å². The van der Waals surface area contributed by atoms with Crippen molar-refractivity contribution in [1.29, 1.82) is 5.26 Å². The zero-order valence-electron chi connectivity index (χ0n) is 12.3. The van der Waals surface area contributed by atoms with Gasteiger partial charge in [0.25, 0.3) is 0 Å². The van der Waals surface area contributed by atoms with Gasteiger partial charge in [-0.3, -0.25) is 4.98 Å². The Morgan fingerprint density at radius 2 is 1.95 bits per heavy atom. The highest BCUT2D eigenvalue weighted by Crippen LogP contribution is 2.31. The van der Waals surface area contributed by atoms with Crippen molar-refractivity contribution < 1.29 is 9.47 Å². The van der Waals surface area contributed by atoms with E-state index in [0.717, 1.165) is 5.56 Å². The van der Waals surface area contributed by atoms with Gasteiger partial charge in [-0.05, 0) is 30.7 Å². The molecule has 0 saturated carbocycles. The van der Waals surface area contributed by atoms with Gasteiger partial charge in [0, 0.05) is 12.2 Å². The molecular weight excluding hydrogens is 266 g/mol. The van der Waals surface area contributed by atoms with Crippen molar-refractivity contribution in [1.82, 2.24) is 4.98 Å². The lowest BCUT2D eigenvalue weighted by Crippen LogP contribution is -2.08. The first-order chi connectivity index (χ1) is 10.2. The Bertz CT molecular complexity index is 665. The zero-order chi connectivity index (χ0) is 15.2. The summed E-state index contributed by atoms with van der Waals surface area (Å²) in [6, 6.07) is 9.57. The molecule has 5 heteroatoms. The van der Waals surface area contributed by atoms with Crippen molar-refractivity contribution in [3.8, 4) is 17.6 Å². The molecule has 1 aromatic heterocycles. The Morgan fingerprint density at radius 1 is 1.19 bits per heavy atom. The van der Waals surface area contributed by atoms with Crippen LogP contribution < -0.4 is 14.8 Å². The Balaban J connectivity index is 2.24. The number of nitriles is 1. The van der Waals surface area contributed by atoms with Gasteiger partial charge in [0.2, 0.25) is 0 Å². The van der Waals surface area contributed by atoms with Crippen molar-refractivity contribution in [3.05, 3.63) is 47.8 Å². The maximum absolute atomic E-state index is 9.10. The van der Waals surface area contributed by atoms with Crippen LogP contribution in [0.4, 0.5) is 5.69 Å². The number of anilines is 1. The number of hydrogen-bond acceptors (Lipinski definition) is 5. The maximum Gasteiger partial charge on any atom is 0.161 e. The highest BCUT2D eigenvalue weighted by Gasteiger charge is 2.11. The summed E-state index contributed by atoms with van der Waals surface area (Å²) in [4.78, 5) is 4.04. The van der Waals surface area contributed by atoms with Crippen LogP contribution in [0, 0.1) is 11.3 Å². The first-order valence-electron chi connectivity index (χ1n) is 6.52. The van der Waals surface area contributed by atoms with Crippen LogP contribution in [0.25, 0.3) is 0 Å². The van der Waals surface area contributed by atoms with E-state index in [-0.39, 0.29) is 6.04 Å². The van der Waals surface area contributed by atoms with Crippen molar-refractivity contribution >= 4 is 5.69 Å². The molecule has 0 radical (unpaired) electrons. The summed E-state index contributed by atoms with van der Waals surface area (Å²) in [6.45, 7) is 2.01. The van der Waals surface area contributed by atoms with Crippen LogP contribution in [0.5, 0.6) is 11.5 Å². The standard InChI is InChI=1S/C16H17N3O2/c1-11(19-14-10-18-7-6-13(14)9-17)12-4-5-15(20-2)16(8-12)21-3/h4-8,10-11,19H,1-3H3. The SMILES string of the molecule is COc1ccc(C(C)Nc2cnccc2C#N)cc1OC. The Morgan fingerprint density at radius 3 is 2.62 bits per heavy atom. The van der Waals surface area contributed by atoms with Crippen LogP contribution in [0.15, 0.2) is 36.7 Å². The smallest absolute Gasteiger partial charge is 0.161 e. The Labute approximate surface area is 124 Å². The van der Waals surface area contributed by atoms with E-state index in [2.05, 4.69) is 16.4 Å². The summed E-state index contributed by atoms with van der Waals surface area (Å²) in [5, 5.41) is 12.4. The molecule has 21 heavy (non-hydrogen) atoms. The molecule has 0 spiro atoms. The molecule has 108 valence electrons. The fourth-order valence-corrected chi connectivity index (χ4v) is 2.05. The highest BCUT2D eigenvalue weighted by atomic mass is 16.5. The molecule has 0 aliphatic rings. The van der Waals surface area contributed by atoms with Gasteiger partial charge in [-0.1, -0.05) is 6.07 Å². The maximum atomic E-state index is 9.10. The molecule has 5 nitrogen and oxygen atoms in total.